The Bertz CT molecular complexity index is 1030. The molecule has 1 amide bonds. The summed E-state index contributed by atoms with van der Waals surface area (Å²) >= 11 is 1.49. The zero-order valence-corrected chi connectivity index (χ0v) is 17.1. The number of aromatic amines is 1. The first kappa shape index (κ1) is 20.6. The molecule has 1 heterocycles. The second-order valence-corrected chi connectivity index (χ2v) is 7.71. The lowest BCUT2D eigenvalue weighted by atomic mass is 10.2. The van der Waals surface area contributed by atoms with Crippen LogP contribution in [0.3, 0.4) is 0 Å². The minimum Gasteiger partial charge on any atom is -0.349 e. The second-order valence-electron chi connectivity index (χ2n) is 6.47. The summed E-state index contributed by atoms with van der Waals surface area (Å²) in [6.07, 6.45) is 3.35. The van der Waals surface area contributed by atoms with Crippen molar-refractivity contribution in [2.45, 2.75) is 11.8 Å². The van der Waals surface area contributed by atoms with Gasteiger partial charge in [0, 0.05) is 10.3 Å². The van der Waals surface area contributed by atoms with E-state index in [4.69, 9.17) is 5.84 Å². The normalized spacial score (nSPS) is 12.2. The quantitative estimate of drug-likeness (QED) is 0.229. The van der Waals surface area contributed by atoms with Gasteiger partial charge in [0.1, 0.15) is 0 Å². The molecule has 0 aliphatic heterocycles. The van der Waals surface area contributed by atoms with Crippen LogP contribution in [0.2, 0.25) is 0 Å². The molecule has 0 bridgehead atoms. The van der Waals surface area contributed by atoms with Crippen molar-refractivity contribution >= 4 is 46.4 Å². The molecular weight excluding hydrogens is 386 g/mol. The summed E-state index contributed by atoms with van der Waals surface area (Å²) in [7, 11) is 1.86. The number of hydrogen-bond donors (Lipinski definition) is 3. The SMILES string of the molecule is Cc1cc(SN(C)CC(=O)NCC(C=Nc2ccccc2)=NN)c2[nH]ncc2c1. The van der Waals surface area contributed by atoms with E-state index in [2.05, 4.69) is 37.7 Å². The van der Waals surface area contributed by atoms with Crippen LogP contribution in [0.15, 0.2) is 63.7 Å². The molecule has 0 saturated heterocycles. The van der Waals surface area contributed by atoms with Crippen LogP contribution in [-0.2, 0) is 4.79 Å². The summed E-state index contributed by atoms with van der Waals surface area (Å²) in [6, 6.07) is 13.6. The van der Waals surface area contributed by atoms with Crippen LogP contribution < -0.4 is 11.2 Å². The van der Waals surface area contributed by atoms with Gasteiger partial charge in [0.2, 0.25) is 5.91 Å². The minimum atomic E-state index is -0.136. The van der Waals surface area contributed by atoms with Gasteiger partial charge in [-0.05, 0) is 55.7 Å². The fourth-order valence-corrected chi connectivity index (χ4v) is 3.69. The van der Waals surface area contributed by atoms with Gasteiger partial charge in [-0.15, -0.1) is 0 Å². The number of nitrogens with one attached hydrogen (secondary N) is 2. The lowest BCUT2D eigenvalue weighted by Crippen LogP contribution is -2.36. The van der Waals surface area contributed by atoms with Crippen LogP contribution in [0.25, 0.3) is 10.9 Å². The molecule has 1 aromatic heterocycles. The second kappa shape index (κ2) is 9.85. The van der Waals surface area contributed by atoms with Gasteiger partial charge in [-0.2, -0.15) is 10.2 Å². The topological polar surface area (TPSA) is 112 Å². The van der Waals surface area contributed by atoms with E-state index in [1.165, 1.54) is 11.9 Å². The van der Waals surface area contributed by atoms with E-state index < -0.39 is 0 Å². The minimum absolute atomic E-state index is 0.136. The summed E-state index contributed by atoms with van der Waals surface area (Å²) in [5.74, 6) is 5.27. The number of fused-ring (bicyclic) bond motifs is 1. The molecule has 4 N–H and O–H groups in total. The summed E-state index contributed by atoms with van der Waals surface area (Å²) in [4.78, 5) is 17.6. The predicted octanol–water partition coefficient (Wildman–Crippen LogP) is 2.64. The number of aromatic nitrogens is 2. The van der Waals surface area contributed by atoms with Gasteiger partial charge < -0.3 is 11.2 Å². The van der Waals surface area contributed by atoms with Crippen molar-refractivity contribution in [2.24, 2.45) is 15.9 Å². The van der Waals surface area contributed by atoms with Crippen molar-refractivity contribution in [2.75, 3.05) is 20.1 Å². The van der Waals surface area contributed by atoms with Gasteiger partial charge in [-0.25, -0.2) is 4.31 Å². The maximum absolute atomic E-state index is 12.3. The van der Waals surface area contributed by atoms with Crippen molar-refractivity contribution in [3.05, 3.63) is 54.2 Å². The molecule has 2 aromatic carbocycles. The molecule has 3 aromatic rings. The highest BCUT2D eigenvalue weighted by atomic mass is 32.2. The summed E-state index contributed by atoms with van der Waals surface area (Å²) in [6.45, 7) is 2.45. The maximum atomic E-state index is 12.3. The number of nitrogens with two attached hydrogens (primary N) is 1. The molecule has 0 aliphatic carbocycles. The molecule has 0 radical (unpaired) electrons. The Balaban J connectivity index is 1.52. The lowest BCUT2D eigenvalue weighted by molar-refractivity contribution is -0.120. The van der Waals surface area contributed by atoms with Gasteiger partial charge in [0.05, 0.1) is 42.4 Å². The molecule has 0 unspecified atom stereocenters. The van der Waals surface area contributed by atoms with Crippen molar-refractivity contribution in [3.63, 3.8) is 0 Å². The number of carbonyl (C=O) groups excluding carboxylic acids is 1. The smallest absolute Gasteiger partial charge is 0.235 e. The van der Waals surface area contributed by atoms with E-state index in [-0.39, 0.29) is 19.0 Å². The van der Waals surface area contributed by atoms with Crippen LogP contribution in [0, 0.1) is 6.92 Å². The number of carbonyl (C=O) groups is 1. The number of rotatable bonds is 8. The number of benzene rings is 2. The lowest BCUT2D eigenvalue weighted by Gasteiger charge is -2.16. The zero-order valence-electron chi connectivity index (χ0n) is 16.3. The third-order valence-electron chi connectivity index (χ3n) is 4.03. The molecule has 0 spiro atoms. The third-order valence-corrected chi connectivity index (χ3v) is 4.99. The van der Waals surface area contributed by atoms with Gasteiger partial charge in [-0.1, -0.05) is 18.2 Å². The first-order valence-electron chi connectivity index (χ1n) is 9.00. The van der Waals surface area contributed by atoms with Crippen LogP contribution in [0.5, 0.6) is 0 Å². The Morgan fingerprint density at radius 2 is 2.14 bits per heavy atom. The predicted molar refractivity (Wildman–Crippen MR) is 119 cm³/mol. The van der Waals surface area contributed by atoms with Gasteiger partial charge >= 0.3 is 0 Å². The van der Waals surface area contributed by atoms with Crippen molar-refractivity contribution in [1.82, 2.24) is 19.8 Å². The first-order chi connectivity index (χ1) is 14.0. The molecule has 9 heteroatoms. The summed E-state index contributed by atoms with van der Waals surface area (Å²) in [5, 5.41) is 14.6. The molecule has 0 atom stereocenters. The van der Waals surface area contributed by atoms with E-state index in [1.54, 1.807) is 12.4 Å². The van der Waals surface area contributed by atoms with E-state index in [1.807, 2.05) is 48.6 Å². The molecule has 0 aliphatic rings. The van der Waals surface area contributed by atoms with Crippen molar-refractivity contribution in [3.8, 4) is 0 Å². The van der Waals surface area contributed by atoms with Crippen LogP contribution in [-0.4, -0.2) is 52.5 Å². The Morgan fingerprint density at radius 3 is 2.90 bits per heavy atom. The largest absolute Gasteiger partial charge is 0.349 e. The fourth-order valence-electron chi connectivity index (χ4n) is 2.68. The summed E-state index contributed by atoms with van der Waals surface area (Å²) < 4.78 is 1.86. The van der Waals surface area contributed by atoms with Crippen molar-refractivity contribution in [1.29, 1.82) is 0 Å². The molecule has 150 valence electrons. The molecule has 29 heavy (non-hydrogen) atoms. The molecular formula is C20H23N7OS. The zero-order chi connectivity index (χ0) is 20.6. The Hall–Kier alpha value is -3.17. The Morgan fingerprint density at radius 1 is 1.34 bits per heavy atom. The number of hydrogen-bond acceptors (Lipinski definition) is 7. The number of H-pyrrole nitrogens is 1. The molecule has 3 rings (SSSR count). The average Bonchev–Trinajstić information content (AvgIpc) is 3.17. The van der Waals surface area contributed by atoms with Crippen LogP contribution >= 0.6 is 11.9 Å². The van der Waals surface area contributed by atoms with E-state index in [0.717, 1.165) is 27.0 Å². The van der Waals surface area contributed by atoms with E-state index in [9.17, 15) is 4.79 Å². The monoisotopic (exact) mass is 409 g/mol. The Kier molecular flexibility index (Phi) is 6.99. The number of aliphatic imine (C=N–C) groups is 1. The number of likely N-dealkylation sites (N-methyl/N-ethyl adjacent to an activating group) is 1. The van der Waals surface area contributed by atoms with Gasteiger partial charge in [-0.3, -0.25) is 14.9 Å². The highest BCUT2D eigenvalue weighted by molar-refractivity contribution is 7.97. The van der Waals surface area contributed by atoms with Gasteiger partial charge in [0.15, 0.2) is 0 Å². The molecule has 0 saturated carbocycles. The molecule has 0 fully saturated rings. The van der Waals surface area contributed by atoms with E-state index >= 15 is 0 Å². The Labute approximate surface area is 173 Å². The van der Waals surface area contributed by atoms with E-state index in [0.29, 0.717) is 5.71 Å². The third kappa shape index (κ3) is 5.90. The fraction of sp³-hybridized carbons (Fsp3) is 0.200. The van der Waals surface area contributed by atoms with Crippen LogP contribution in [0.1, 0.15) is 5.56 Å². The number of hydrazone groups is 1. The number of amides is 1. The van der Waals surface area contributed by atoms with Crippen LogP contribution in [0.4, 0.5) is 5.69 Å². The van der Waals surface area contributed by atoms with Crippen molar-refractivity contribution < 1.29 is 4.79 Å². The number of aryl methyl sites for hydroxylation is 1. The standard InChI is InChI=1S/C20H23N7OS/c1-14-8-15-10-24-26-20(15)18(9-14)29-27(2)13-19(28)23-12-17(25-21)11-22-16-6-4-3-5-7-16/h3-11H,12-13,21H2,1-2H3,(H,23,28)(H,24,26). The maximum Gasteiger partial charge on any atom is 0.235 e. The highest BCUT2D eigenvalue weighted by Gasteiger charge is 2.12. The summed E-state index contributed by atoms with van der Waals surface area (Å²) in [5.41, 5.74) is 3.37. The highest BCUT2D eigenvalue weighted by Crippen LogP contribution is 2.29. The first-order valence-corrected chi connectivity index (χ1v) is 9.78. The number of nitrogens with zero attached hydrogens (tertiary/aromatic N) is 4. The number of para-hydroxylation sites is 1. The molecule has 8 nitrogen and oxygen atoms in total. The average molecular weight is 410 g/mol. The van der Waals surface area contributed by atoms with Gasteiger partial charge in [0.25, 0.3) is 0 Å².